The van der Waals surface area contributed by atoms with Gasteiger partial charge in [0.2, 0.25) is 10.0 Å². The molecular formula is C26H25F2NO6S. The molecule has 1 aliphatic rings. The van der Waals surface area contributed by atoms with Gasteiger partial charge in [-0.25, -0.2) is 8.42 Å². The monoisotopic (exact) mass is 517 g/mol. The lowest BCUT2D eigenvalue weighted by Gasteiger charge is -2.49. The Labute approximate surface area is 207 Å². The highest BCUT2D eigenvalue weighted by atomic mass is 32.2. The maximum atomic E-state index is 13.6. The first-order valence-corrected chi connectivity index (χ1v) is 12.6. The molecule has 0 saturated heterocycles. The second-order valence-electron chi connectivity index (χ2n) is 8.42. The second-order valence-corrected chi connectivity index (χ2v) is 10.3. The van der Waals surface area contributed by atoms with Gasteiger partial charge in [0.15, 0.2) is 0 Å². The van der Waals surface area contributed by atoms with Crippen LogP contribution in [0.3, 0.4) is 0 Å². The molecule has 3 aromatic rings. The van der Waals surface area contributed by atoms with Crippen molar-refractivity contribution in [2.45, 2.75) is 36.3 Å². The van der Waals surface area contributed by atoms with E-state index >= 15 is 0 Å². The van der Waals surface area contributed by atoms with Crippen LogP contribution in [-0.4, -0.2) is 44.1 Å². The number of carboxylic acids is 1. The van der Waals surface area contributed by atoms with Crippen molar-refractivity contribution in [3.8, 4) is 22.6 Å². The molecule has 0 heterocycles. The Bertz CT molecular complexity index is 1320. The molecule has 190 valence electrons. The molecule has 0 unspecified atom stereocenters. The van der Waals surface area contributed by atoms with Crippen LogP contribution in [0.4, 0.5) is 8.78 Å². The molecule has 0 spiro atoms. The van der Waals surface area contributed by atoms with E-state index < -0.39 is 34.7 Å². The summed E-state index contributed by atoms with van der Waals surface area (Å²) in [5.41, 5.74) is 1.37. The number of methoxy groups -OCH3 is 1. The molecule has 1 aliphatic carbocycles. The molecule has 10 heteroatoms. The number of benzene rings is 3. The van der Waals surface area contributed by atoms with Gasteiger partial charge in [-0.15, -0.1) is 0 Å². The van der Waals surface area contributed by atoms with Crippen LogP contribution in [0, 0.1) is 0 Å². The molecule has 1 fully saturated rings. The Morgan fingerprint density at radius 2 is 1.67 bits per heavy atom. The lowest BCUT2D eigenvalue weighted by Crippen LogP contribution is -2.55. The van der Waals surface area contributed by atoms with Crippen LogP contribution < -0.4 is 9.47 Å². The fraction of sp³-hybridized carbons (Fsp3) is 0.269. The van der Waals surface area contributed by atoms with Crippen LogP contribution in [0.5, 0.6) is 11.5 Å². The summed E-state index contributed by atoms with van der Waals surface area (Å²) in [6, 6.07) is 19.4. The molecule has 0 amide bonds. The number of halogens is 2. The number of carboxylic acid groups (broad SMARTS) is 1. The largest absolute Gasteiger partial charge is 0.496 e. The van der Waals surface area contributed by atoms with E-state index in [0.29, 0.717) is 24.2 Å². The Kier molecular flexibility index (Phi) is 7.28. The maximum absolute atomic E-state index is 13.6. The molecule has 0 aromatic heterocycles. The molecule has 0 radical (unpaired) electrons. The van der Waals surface area contributed by atoms with E-state index in [9.17, 15) is 27.1 Å². The minimum Gasteiger partial charge on any atom is -0.496 e. The Morgan fingerprint density at radius 1 is 1.03 bits per heavy atom. The summed E-state index contributed by atoms with van der Waals surface area (Å²) in [6.07, 6.45) is 1.61. The smallest absolute Gasteiger partial charge is 0.387 e. The fourth-order valence-electron chi connectivity index (χ4n) is 4.55. The van der Waals surface area contributed by atoms with Crippen LogP contribution in [0.15, 0.2) is 77.7 Å². The van der Waals surface area contributed by atoms with Crippen molar-refractivity contribution in [2.24, 2.45) is 0 Å². The number of para-hydroxylation sites is 1. The van der Waals surface area contributed by atoms with Gasteiger partial charge in [-0.3, -0.25) is 4.79 Å². The summed E-state index contributed by atoms with van der Waals surface area (Å²) < 4.78 is 63.0. The molecule has 3 aromatic carbocycles. The molecule has 0 atom stereocenters. The Hall–Kier alpha value is -3.50. The predicted molar refractivity (Wildman–Crippen MR) is 129 cm³/mol. The van der Waals surface area contributed by atoms with E-state index in [1.54, 1.807) is 7.11 Å². The highest BCUT2D eigenvalue weighted by Gasteiger charge is 2.50. The van der Waals surface area contributed by atoms with Crippen molar-refractivity contribution in [2.75, 3.05) is 13.7 Å². The molecule has 36 heavy (non-hydrogen) atoms. The third-order valence-corrected chi connectivity index (χ3v) is 8.34. The van der Waals surface area contributed by atoms with Crippen molar-refractivity contribution < 1.29 is 36.6 Å². The van der Waals surface area contributed by atoms with E-state index in [-0.39, 0.29) is 10.6 Å². The van der Waals surface area contributed by atoms with Gasteiger partial charge in [0.1, 0.15) is 18.0 Å². The third kappa shape index (κ3) is 4.91. The number of hydrogen-bond donors (Lipinski definition) is 1. The van der Waals surface area contributed by atoms with Gasteiger partial charge in [-0.1, -0.05) is 42.5 Å². The average molecular weight is 518 g/mol. The molecule has 0 aliphatic heterocycles. The normalized spacial score (nSPS) is 14.9. The lowest BCUT2D eigenvalue weighted by molar-refractivity contribution is -0.139. The molecule has 0 bridgehead atoms. The van der Waals surface area contributed by atoms with E-state index in [1.165, 1.54) is 0 Å². The topological polar surface area (TPSA) is 93.1 Å². The zero-order valence-corrected chi connectivity index (χ0v) is 20.3. The number of alkyl halides is 2. The number of rotatable bonds is 10. The van der Waals surface area contributed by atoms with Crippen LogP contribution in [-0.2, 0) is 20.4 Å². The molecule has 4 rings (SSSR count). The lowest BCUT2D eigenvalue weighted by atomic mass is 9.71. The van der Waals surface area contributed by atoms with Crippen LogP contribution in [0.1, 0.15) is 24.8 Å². The van der Waals surface area contributed by atoms with Gasteiger partial charge < -0.3 is 14.6 Å². The molecule has 1 saturated carbocycles. The molecular weight excluding hydrogens is 492 g/mol. The Balaban J connectivity index is 1.72. The van der Waals surface area contributed by atoms with E-state index in [1.807, 2.05) is 48.5 Å². The maximum Gasteiger partial charge on any atom is 0.387 e. The van der Waals surface area contributed by atoms with Crippen LogP contribution >= 0.6 is 0 Å². The van der Waals surface area contributed by atoms with Crippen LogP contribution in [0.2, 0.25) is 0 Å². The minimum atomic E-state index is -4.29. The first-order chi connectivity index (χ1) is 17.2. The summed E-state index contributed by atoms with van der Waals surface area (Å²) in [7, 11) is -2.71. The van der Waals surface area contributed by atoms with Gasteiger partial charge >= 0.3 is 12.6 Å². The summed E-state index contributed by atoms with van der Waals surface area (Å²) >= 11 is 0. The second kappa shape index (κ2) is 10.2. The van der Waals surface area contributed by atoms with Gasteiger partial charge in [0, 0.05) is 5.56 Å². The number of hydrogen-bond acceptors (Lipinski definition) is 5. The van der Waals surface area contributed by atoms with Crippen molar-refractivity contribution in [1.29, 1.82) is 0 Å². The summed E-state index contributed by atoms with van der Waals surface area (Å²) in [5.74, 6) is -0.801. The highest BCUT2D eigenvalue weighted by Crippen LogP contribution is 2.49. The van der Waals surface area contributed by atoms with Crippen molar-refractivity contribution in [3.05, 3.63) is 78.4 Å². The molecule has 1 N–H and O–H groups in total. The number of nitrogens with zero attached hydrogens (tertiary/aromatic N) is 1. The highest BCUT2D eigenvalue weighted by molar-refractivity contribution is 7.89. The molecule has 7 nitrogen and oxygen atoms in total. The quantitative estimate of drug-likeness (QED) is 0.401. The van der Waals surface area contributed by atoms with E-state index in [0.717, 1.165) is 46.1 Å². The van der Waals surface area contributed by atoms with Crippen molar-refractivity contribution in [1.82, 2.24) is 4.31 Å². The fourth-order valence-corrected chi connectivity index (χ4v) is 6.31. The van der Waals surface area contributed by atoms with E-state index in [2.05, 4.69) is 4.74 Å². The Morgan fingerprint density at radius 3 is 2.19 bits per heavy atom. The van der Waals surface area contributed by atoms with Crippen molar-refractivity contribution in [3.63, 3.8) is 0 Å². The van der Waals surface area contributed by atoms with Gasteiger partial charge in [-0.05, 0) is 60.7 Å². The van der Waals surface area contributed by atoms with E-state index in [4.69, 9.17) is 4.74 Å². The third-order valence-electron chi connectivity index (χ3n) is 6.41. The summed E-state index contributed by atoms with van der Waals surface area (Å²) in [4.78, 5) is 11.6. The predicted octanol–water partition coefficient (Wildman–Crippen LogP) is 5.12. The van der Waals surface area contributed by atoms with Gasteiger partial charge in [0.05, 0.1) is 17.5 Å². The zero-order chi connectivity index (χ0) is 25.9. The van der Waals surface area contributed by atoms with Crippen molar-refractivity contribution >= 4 is 16.0 Å². The first kappa shape index (κ1) is 25.6. The average Bonchev–Trinajstić information content (AvgIpc) is 2.83. The van der Waals surface area contributed by atoms with Gasteiger partial charge in [0.25, 0.3) is 0 Å². The summed E-state index contributed by atoms with van der Waals surface area (Å²) in [6.45, 7) is -3.79. The number of sulfonamides is 1. The number of aliphatic carboxylic acids is 1. The zero-order valence-electron chi connectivity index (χ0n) is 19.4. The SMILES string of the molecule is COc1ccccc1-c1ccc(C2(N(CC(=O)O)S(=O)(=O)c3ccc(OC(F)F)cc3)CCC2)cc1. The standard InChI is InChI=1S/C26H25F2NO6S/c1-34-23-6-3-2-5-22(23)18-7-9-19(10-8-18)26(15-4-16-26)29(17-24(30)31)36(32,33)21-13-11-20(12-14-21)35-25(27)28/h2-3,5-14,25H,4,15-17H2,1H3,(H,30,31). The number of carbonyl (C=O) groups is 1. The summed E-state index contributed by atoms with van der Waals surface area (Å²) in [5, 5.41) is 9.59. The first-order valence-electron chi connectivity index (χ1n) is 11.2. The van der Waals surface area contributed by atoms with Crippen LogP contribution in [0.25, 0.3) is 11.1 Å². The minimum absolute atomic E-state index is 0.195. The number of ether oxygens (including phenoxy) is 2. The van der Waals surface area contributed by atoms with Gasteiger partial charge in [-0.2, -0.15) is 13.1 Å².